The normalized spacial score (nSPS) is 16.4. The second-order valence-electron chi connectivity index (χ2n) is 9.14. The van der Waals surface area contributed by atoms with Crippen molar-refractivity contribution in [2.75, 3.05) is 24.5 Å². The van der Waals surface area contributed by atoms with Gasteiger partial charge in [-0.25, -0.2) is 4.98 Å². The van der Waals surface area contributed by atoms with E-state index < -0.39 is 0 Å². The maximum atomic E-state index is 12.7. The molecule has 0 unspecified atom stereocenters. The highest BCUT2D eigenvalue weighted by Crippen LogP contribution is 2.35. The minimum atomic E-state index is -0.0979. The van der Waals surface area contributed by atoms with Crippen LogP contribution in [-0.2, 0) is 7.05 Å². The summed E-state index contributed by atoms with van der Waals surface area (Å²) in [6.07, 6.45) is 0. The summed E-state index contributed by atoms with van der Waals surface area (Å²) < 4.78 is 1.57. The van der Waals surface area contributed by atoms with E-state index in [0.29, 0.717) is 39.9 Å². The Morgan fingerprint density at radius 3 is 2.14 bits per heavy atom. The first-order valence-electron chi connectivity index (χ1n) is 11.8. The fourth-order valence-corrected chi connectivity index (χ4v) is 5.31. The zero-order chi connectivity index (χ0) is 25.4. The van der Waals surface area contributed by atoms with Crippen molar-refractivity contribution < 1.29 is 0 Å². The molecule has 0 aliphatic carbocycles. The van der Waals surface area contributed by atoms with Gasteiger partial charge in [0.1, 0.15) is 17.3 Å². The molecule has 6 nitrogen and oxygen atoms in total. The molecule has 3 heterocycles. The average molecular weight is 518 g/mol. The summed E-state index contributed by atoms with van der Waals surface area (Å²) in [5, 5.41) is 10.8. The lowest BCUT2D eigenvalue weighted by Gasteiger charge is -2.45. The molecule has 0 saturated carbocycles. The number of aromatic nitrogens is 2. The summed E-state index contributed by atoms with van der Waals surface area (Å²) in [5.74, 6) is 0. The van der Waals surface area contributed by atoms with E-state index in [2.05, 4.69) is 52.0 Å². The van der Waals surface area contributed by atoms with Crippen LogP contribution >= 0.6 is 23.2 Å². The second kappa shape index (κ2) is 9.94. The predicted octanol–water partition coefficient (Wildman–Crippen LogP) is 5.41. The van der Waals surface area contributed by atoms with Gasteiger partial charge in [-0.2, -0.15) is 5.26 Å². The van der Waals surface area contributed by atoms with E-state index in [0.717, 1.165) is 23.4 Å². The quantitative estimate of drug-likeness (QED) is 0.362. The molecular weight excluding hydrogens is 493 g/mol. The third-order valence-electron chi connectivity index (χ3n) is 6.91. The van der Waals surface area contributed by atoms with Gasteiger partial charge >= 0.3 is 0 Å². The highest BCUT2D eigenvalue weighted by molar-refractivity contribution is 6.30. The summed E-state index contributed by atoms with van der Waals surface area (Å²) >= 11 is 12.4. The molecule has 4 aromatic rings. The van der Waals surface area contributed by atoms with Crippen LogP contribution in [0, 0.1) is 11.3 Å². The Labute approximate surface area is 219 Å². The van der Waals surface area contributed by atoms with Crippen molar-refractivity contribution in [1.29, 1.82) is 5.26 Å². The molecule has 1 saturated heterocycles. The van der Waals surface area contributed by atoms with Crippen LogP contribution in [0.25, 0.3) is 11.0 Å². The number of fused-ring (bicyclic) bond motifs is 1. The Balaban J connectivity index is 1.51. The lowest BCUT2D eigenvalue weighted by atomic mass is 9.94. The molecule has 0 radical (unpaired) electrons. The van der Waals surface area contributed by atoms with Gasteiger partial charge in [-0.05, 0) is 54.4 Å². The largest absolute Gasteiger partial charge is 0.367 e. The maximum absolute atomic E-state index is 12.7. The van der Waals surface area contributed by atoms with Crippen LogP contribution in [0.1, 0.15) is 29.8 Å². The van der Waals surface area contributed by atoms with Gasteiger partial charge in [0.15, 0.2) is 0 Å². The highest BCUT2D eigenvalue weighted by Gasteiger charge is 2.32. The van der Waals surface area contributed by atoms with Crippen LogP contribution in [0.5, 0.6) is 0 Å². The lowest BCUT2D eigenvalue weighted by Crippen LogP contribution is -2.53. The topological polar surface area (TPSA) is 65.2 Å². The number of nitrogens with zero attached hydrogens (tertiary/aromatic N) is 5. The Morgan fingerprint density at radius 1 is 0.972 bits per heavy atom. The monoisotopic (exact) mass is 517 g/mol. The maximum Gasteiger partial charge on any atom is 0.252 e. The van der Waals surface area contributed by atoms with Crippen LogP contribution in [0.4, 0.5) is 5.69 Å². The van der Waals surface area contributed by atoms with E-state index in [1.54, 1.807) is 29.8 Å². The van der Waals surface area contributed by atoms with Gasteiger partial charge in [0.2, 0.25) is 0 Å². The molecule has 0 amide bonds. The van der Waals surface area contributed by atoms with Crippen LogP contribution in [0.2, 0.25) is 10.0 Å². The zero-order valence-corrected chi connectivity index (χ0v) is 21.5. The van der Waals surface area contributed by atoms with Gasteiger partial charge in [-0.1, -0.05) is 47.5 Å². The van der Waals surface area contributed by atoms with Crippen molar-refractivity contribution >= 4 is 39.9 Å². The van der Waals surface area contributed by atoms with Gasteiger partial charge in [-0.15, -0.1) is 0 Å². The number of aryl methyl sites for hydroxylation is 1. The third kappa shape index (κ3) is 4.58. The number of piperazine rings is 1. The molecule has 1 fully saturated rings. The number of hydrogen-bond acceptors (Lipinski definition) is 5. The summed E-state index contributed by atoms with van der Waals surface area (Å²) in [6, 6.07) is 23.4. The number of rotatable bonds is 4. The van der Waals surface area contributed by atoms with Crippen LogP contribution < -0.4 is 10.5 Å². The van der Waals surface area contributed by atoms with Crippen molar-refractivity contribution in [3.63, 3.8) is 0 Å². The number of pyridine rings is 2. The first kappa shape index (κ1) is 24.3. The minimum absolute atomic E-state index is 0.0281. The predicted molar refractivity (Wildman–Crippen MR) is 145 cm³/mol. The van der Waals surface area contributed by atoms with Crippen molar-refractivity contribution in [1.82, 2.24) is 14.5 Å². The average Bonchev–Trinajstić information content (AvgIpc) is 2.89. The first-order valence-corrected chi connectivity index (χ1v) is 12.5. The van der Waals surface area contributed by atoms with Gasteiger partial charge in [0.25, 0.3) is 5.56 Å². The highest BCUT2D eigenvalue weighted by atomic mass is 35.5. The molecular formula is C28H25Cl2N5O. The molecule has 5 rings (SSSR count). The third-order valence-corrected chi connectivity index (χ3v) is 7.41. The van der Waals surface area contributed by atoms with Crippen molar-refractivity contribution in [3.05, 3.63) is 104 Å². The van der Waals surface area contributed by atoms with Crippen LogP contribution in [-0.4, -0.2) is 40.1 Å². The van der Waals surface area contributed by atoms with E-state index >= 15 is 0 Å². The number of hydrogen-bond donors (Lipinski definition) is 0. The molecule has 0 spiro atoms. The molecule has 8 heteroatoms. The number of nitriles is 1. The summed E-state index contributed by atoms with van der Waals surface area (Å²) in [5.41, 5.74) is 4.70. The Kier molecular flexibility index (Phi) is 6.72. The van der Waals surface area contributed by atoms with E-state index in [1.807, 2.05) is 24.3 Å². The van der Waals surface area contributed by atoms with E-state index in [-0.39, 0.29) is 17.6 Å². The van der Waals surface area contributed by atoms with Crippen molar-refractivity contribution in [3.8, 4) is 6.07 Å². The number of benzene rings is 2. The van der Waals surface area contributed by atoms with Crippen molar-refractivity contribution in [2.45, 2.75) is 19.0 Å². The number of halogens is 2. The van der Waals surface area contributed by atoms with Gasteiger partial charge < -0.3 is 9.47 Å². The molecule has 36 heavy (non-hydrogen) atoms. The van der Waals surface area contributed by atoms with Crippen LogP contribution in [0.15, 0.2) is 71.5 Å². The fraction of sp³-hybridized carbons (Fsp3) is 0.250. The Morgan fingerprint density at radius 2 is 1.58 bits per heavy atom. The Bertz CT molecular complexity index is 1460. The van der Waals surface area contributed by atoms with E-state index in [1.165, 1.54) is 0 Å². The standard InChI is InChI=1S/C28H25Cl2N5O/c1-18-17-34(25-15-26(36)33(2)24-12-11-23(16-31)32-27(24)25)13-14-35(18)28(19-3-7-21(29)8-4-19)20-5-9-22(30)10-6-20/h3-12,15,18,28H,13-14,17H2,1-2H3/t18-/m1/s1. The SMILES string of the molecule is C[C@@H]1CN(c2cc(=O)n(C)c3ccc(C#N)nc23)CCN1C(c1ccc(Cl)cc1)c1ccc(Cl)cc1. The minimum Gasteiger partial charge on any atom is -0.367 e. The molecule has 182 valence electrons. The van der Waals surface area contributed by atoms with Gasteiger partial charge in [-0.3, -0.25) is 9.69 Å². The van der Waals surface area contributed by atoms with Gasteiger partial charge in [0.05, 0.1) is 17.2 Å². The second-order valence-corrected chi connectivity index (χ2v) is 10.0. The Hall–Kier alpha value is -3.37. The molecule has 0 bridgehead atoms. The van der Waals surface area contributed by atoms with E-state index in [9.17, 15) is 10.1 Å². The molecule has 2 aromatic heterocycles. The summed E-state index contributed by atoms with van der Waals surface area (Å²) in [7, 11) is 1.73. The molecule has 1 aliphatic heterocycles. The number of anilines is 1. The smallest absolute Gasteiger partial charge is 0.252 e. The molecule has 0 N–H and O–H groups in total. The molecule has 1 aliphatic rings. The summed E-state index contributed by atoms with van der Waals surface area (Å²) in [6.45, 7) is 4.38. The molecule has 1 atom stereocenters. The molecule has 2 aromatic carbocycles. The lowest BCUT2D eigenvalue weighted by molar-refractivity contribution is 0.150. The van der Waals surface area contributed by atoms with Gasteiger partial charge in [0, 0.05) is 48.8 Å². The zero-order valence-electron chi connectivity index (χ0n) is 20.0. The fourth-order valence-electron chi connectivity index (χ4n) is 5.05. The first-order chi connectivity index (χ1) is 17.4. The summed E-state index contributed by atoms with van der Waals surface area (Å²) in [4.78, 5) is 22.0. The van der Waals surface area contributed by atoms with Crippen LogP contribution in [0.3, 0.4) is 0 Å². The van der Waals surface area contributed by atoms with E-state index in [4.69, 9.17) is 23.2 Å². The van der Waals surface area contributed by atoms with Crippen molar-refractivity contribution in [2.24, 2.45) is 7.05 Å².